The maximum atomic E-state index is 13.0. The first-order chi connectivity index (χ1) is 11.1. The minimum absolute atomic E-state index is 0.0930. The summed E-state index contributed by atoms with van der Waals surface area (Å²) in [6.07, 6.45) is -4.94. The standard InChI is InChI=1S/C15H17F5N2O2/c16-14(17)5-12(22-8-14)13(23)21-6-10-2-1-3-11(4-10)7-24-9-15(18,19)20/h1-4,12,22H,5-9H2,(H,21,23). The number of ether oxygens (including phenoxy) is 1. The number of hydrogen-bond acceptors (Lipinski definition) is 3. The van der Waals surface area contributed by atoms with Crippen molar-refractivity contribution >= 4 is 5.91 Å². The summed E-state index contributed by atoms with van der Waals surface area (Å²) in [4.78, 5) is 11.8. The third-order valence-corrected chi connectivity index (χ3v) is 3.42. The number of amides is 1. The van der Waals surface area contributed by atoms with Crippen LogP contribution in [0.1, 0.15) is 17.5 Å². The van der Waals surface area contributed by atoms with Crippen LogP contribution in [0.3, 0.4) is 0 Å². The normalized spacial score (nSPS) is 20.1. The summed E-state index contributed by atoms with van der Waals surface area (Å²) in [5, 5.41) is 4.98. The summed E-state index contributed by atoms with van der Waals surface area (Å²) >= 11 is 0. The fourth-order valence-electron chi connectivity index (χ4n) is 2.33. The molecule has 0 radical (unpaired) electrons. The van der Waals surface area contributed by atoms with Gasteiger partial charge in [0.2, 0.25) is 5.91 Å². The zero-order valence-electron chi connectivity index (χ0n) is 12.6. The van der Waals surface area contributed by atoms with E-state index >= 15 is 0 Å². The predicted octanol–water partition coefficient (Wildman–Crippen LogP) is 2.38. The largest absolute Gasteiger partial charge is 0.411 e. The van der Waals surface area contributed by atoms with Gasteiger partial charge < -0.3 is 10.1 Å². The molecule has 1 aliphatic rings. The van der Waals surface area contributed by atoms with Crippen molar-refractivity contribution in [1.29, 1.82) is 0 Å². The second-order valence-electron chi connectivity index (χ2n) is 5.64. The quantitative estimate of drug-likeness (QED) is 0.773. The minimum atomic E-state index is -4.39. The Bertz CT molecular complexity index is 577. The van der Waals surface area contributed by atoms with Crippen LogP contribution in [0.2, 0.25) is 0 Å². The molecule has 1 aromatic rings. The average molecular weight is 352 g/mol. The average Bonchev–Trinajstić information content (AvgIpc) is 2.84. The smallest absolute Gasteiger partial charge is 0.367 e. The first kappa shape index (κ1) is 18.6. The number of carbonyl (C=O) groups excluding carboxylic acids is 1. The van der Waals surface area contributed by atoms with Crippen LogP contribution in [0, 0.1) is 0 Å². The Morgan fingerprint density at radius 2 is 2.04 bits per heavy atom. The summed E-state index contributed by atoms with van der Waals surface area (Å²) in [5.41, 5.74) is 1.16. The SMILES string of the molecule is O=C(NCc1cccc(COCC(F)(F)F)c1)C1CC(F)(F)CN1. The Balaban J connectivity index is 1.80. The molecule has 134 valence electrons. The molecular formula is C15H17F5N2O2. The van der Waals surface area contributed by atoms with Crippen molar-refractivity contribution in [3.05, 3.63) is 35.4 Å². The molecule has 2 N–H and O–H groups in total. The van der Waals surface area contributed by atoms with Gasteiger partial charge in [-0.2, -0.15) is 13.2 Å². The molecule has 1 aliphatic heterocycles. The lowest BCUT2D eigenvalue weighted by Gasteiger charge is -2.12. The molecular weight excluding hydrogens is 335 g/mol. The van der Waals surface area contributed by atoms with Crippen LogP contribution >= 0.6 is 0 Å². The molecule has 0 spiro atoms. The number of halogens is 5. The highest BCUT2D eigenvalue weighted by Crippen LogP contribution is 2.25. The monoisotopic (exact) mass is 352 g/mol. The Kier molecular flexibility index (Phi) is 5.76. The molecule has 1 unspecified atom stereocenters. The van der Waals surface area contributed by atoms with E-state index < -0.39 is 43.6 Å². The van der Waals surface area contributed by atoms with Crippen LogP contribution in [0.15, 0.2) is 24.3 Å². The maximum Gasteiger partial charge on any atom is 0.411 e. The first-order valence-electron chi connectivity index (χ1n) is 7.26. The van der Waals surface area contributed by atoms with Gasteiger partial charge in [0.15, 0.2) is 0 Å². The summed E-state index contributed by atoms with van der Waals surface area (Å²) in [7, 11) is 0. The molecule has 0 aromatic heterocycles. The molecule has 1 fully saturated rings. The Hall–Kier alpha value is -1.74. The van der Waals surface area contributed by atoms with Gasteiger partial charge in [-0.05, 0) is 11.1 Å². The van der Waals surface area contributed by atoms with Crippen LogP contribution < -0.4 is 10.6 Å². The summed E-state index contributed by atoms with van der Waals surface area (Å²) in [5.74, 6) is -3.43. The van der Waals surface area contributed by atoms with E-state index in [4.69, 9.17) is 0 Å². The number of alkyl halides is 5. The van der Waals surface area contributed by atoms with Crippen LogP contribution in [0.25, 0.3) is 0 Å². The van der Waals surface area contributed by atoms with Gasteiger partial charge in [-0.25, -0.2) is 8.78 Å². The van der Waals surface area contributed by atoms with Crippen molar-refractivity contribution in [3.63, 3.8) is 0 Å². The number of hydrogen-bond donors (Lipinski definition) is 2. The van der Waals surface area contributed by atoms with Crippen molar-refractivity contribution in [1.82, 2.24) is 10.6 Å². The van der Waals surface area contributed by atoms with Gasteiger partial charge in [-0.1, -0.05) is 24.3 Å². The van der Waals surface area contributed by atoms with E-state index in [9.17, 15) is 26.7 Å². The van der Waals surface area contributed by atoms with Crippen LogP contribution in [-0.2, 0) is 22.7 Å². The summed E-state index contributed by atoms with van der Waals surface area (Å²) < 4.78 is 66.7. The van der Waals surface area contributed by atoms with Crippen LogP contribution in [-0.4, -0.2) is 37.2 Å². The van der Waals surface area contributed by atoms with E-state index in [1.165, 1.54) is 0 Å². The van der Waals surface area contributed by atoms with Crippen molar-refractivity contribution in [3.8, 4) is 0 Å². The van der Waals surface area contributed by atoms with E-state index in [0.717, 1.165) is 0 Å². The van der Waals surface area contributed by atoms with Gasteiger partial charge in [0.05, 0.1) is 19.2 Å². The number of benzene rings is 1. The van der Waals surface area contributed by atoms with Gasteiger partial charge in [-0.3, -0.25) is 10.1 Å². The van der Waals surface area contributed by atoms with Gasteiger partial charge >= 0.3 is 6.18 Å². The molecule has 4 nitrogen and oxygen atoms in total. The minimum Gasteiger partial charge on any atom is -0.367 e. The predicted molar refractivity (Wildman–Crippen MR) is 75.4 cm³/mol. The van der Waals surface area contributed by atoms with Gasteiger partial charge in [0, 0.05) is 13.0 Å². The molecule has 0 bridgehead atoms. The molecule has 9 heteroatoms. The highest BCUT2D eigenvalue weighted by Gasteiger charge is 2.42. The molecule has 1 atom stereocenters. The summed E-state index contributed by atoms with van der Waals surface area (Å²) in [6.45, 7) is -1.99. The molecule has 0 aliphatic carbocycles. The van der Waals surface area contributed by atoms with Crippen molar-refractivity contribution in [2.45, 2.75) is 37.7 Å². The van der Waals surface area contributed by atoms with E-state index in [2.05, 4.69) is 15.4 Å². The lowest BCUT2D eigenvalue weighted by Crippen LogP contribution is -2.40. The number of nitrogens with one attached hydrogen (secondary N) is 2. The van der Waals surface area contributed by atoms with Gasteiger partial charge in [0.25, 0.3) is 5.92 Å². The van der Waals surface area contributed by atoms with Crippen LogP contribution in [0.4, 0.5) is 22.0 Å². The van der Waals surface area contributed by atoms with Crippen molar-refractivity contribution < 1.29 is 31.5 Å². The summed E-state index contributed by atoms with van der Waals surface area (Å²) in [6, 6.07) is 5.53. The van der Waals surface area contributed by atoms with E-state index in [1.54, 1.807) is 24.3 Å². The maximum absolute atomic E-state index is 13.0. The second-order valence-corrected chi connectivity index (χ2v) is 5.64. The highest BCUT2D eigenvalue weighted by molar-refractivity contribution is 5.82. The topological polar surface area (TPSA) is 50.4 Å². The number of carbonyl (C=O) groups is 1. The Morgan fingerprint density at radius 3 is 2.67 bits per heavy atom. The van der Waals surface area contributed by atoms with Crippen molar-refractivity contribution in [2.24, 2.45) is 0 Å². The fourth-order valence-corrected chi connectivity index (χ4v) is 2.33. The molecule has 24 heavy (non-hydrogen) atoms. The zero-order valence-corrected chi connectivity index (χ0v) is 12.6. The molecule has 0 saturated carbocycles. The molecule has 2 rings (SSSR count). The Morgan fingerprint density at radius 1 is 1.33 bits per heavy atom. The highest BCUT2D eigenvalue weighted by atomic mass is 19.4. The molecule has 1 heterocycles. The third kappa shape index (κ3) is 6.04. The first-order valence-corrected chi connectivity index (χ1v) is 7.26. The fraction of sp³-hybridized carbons (Fsp3) is 0.533. The zero-order chi connectivity index (χ0) is 17.8. The third-order valence-electron chi connectivity index (χ3n) is 3.42. The van der Waals surface area contributed by atoms with E-state index in [1.807, 2.05) is 0 Å². The van der Waals surface area contributed by atoms with Gasteiger partial charge in [-0.15, -0.1) is 0 Å². The lowest BCUT2D eigenvalue weighted by molar-refractivity contribution is -0.176. The van der Waals surface area contributed by atoms with Crippen LogP contribution in [0.5, 0.6) is 0 Å². The molecule has 1 aromatic carbocycles. The molecule has 1 amide bonds. The van der Waals surface area contributed by atoms with Crippen molar-refractivity contribution in [2.75, 3.05) is 13.2 Å². The van der Waals surface area contributed by atoms with E-state index in [0.29, 0.717) is 11.1 Å². The number of rotatable bonds is 6. The second kappa shape index (κ2) is 7.43. The van der Waals surface area contributed by atoms with E-state index in [-0.39, 0.29) is 13.2 Å². The lowest BCUT2D eigenvalue weighted by atomic mass is 10.1. The van der Waals surface area contributed by atoms with Gasteiger partial charge in [0.1, 0.15) is 6.61 Å². The Labute approximate surface area is 135 Å². The molecule has 1 saturated heterocycles.